The highest BCUT2D eigenvalue weighted by Gasteiger charge is 2.27. The number of esters is 1. The van der Waals surface area contributed by atoms with Crippen molar-refractivity contribution in [3.05, 3.63) is 53.6 Å². The maximum Gasteiger partial charge on any atom is 0.337 e. The van der Waals surface area contributed by atoms with Crippen LogP contribution in [-0.4, -0.2) is 26.7 Å². The number of ether oxygens (including phenoxy) is 1. The minimum absolute atomic E-state index is 0.00450. The number of thioether (sulfide) groups is 1. The summed E-state index contributed by atoms with van der Waals surface area (Å²) in [6, 6.07) is 11.9. The molecule has 0 unspecified atom stereocenters. The molecule has 0 fully saturated rings. The molecular weight excluding hydrogens is 348 g/mol. The molecule has 124 valence electrons. The summed E-state index contributed by atoms with van der Waals surface area (Å²) in [5, 5.41) is 3.26. The molecule has 24 heavy (non-hydrogen) atoms. The third kappa shape index (κ3) is 3.29. The van der Waals surface area contributed by atoms with Crippen molar-refractivity contribution in [2.24, 2.45) is 4.40 Å². The first kappa shape index (κ1) is 16.5. The van der Waals surface area contributed by atoms with E-state index in [1.807, 2.05) is 31.2 Å². The predicted octanol–water partition coefficient (Wildman–Crippen LogP) is 3.04. The highest BCUT2D eigenvalue weighted by molar-refractivity contribution is 8.15. The average Bonchev–Trinajstić information content (AvgIpc) is 2.55. The number of nitrogens with zero attached hydrogens (tertiary/aromatic N) is 1. The Bertz CT molecular complexity index is 935. The second kappa shape index (κ2) is 6.29. The fourth-order valence-corrected chi connectivity index (χ4v) is 4.65. The second-order valence-corrected chi connectivity index (χ2v) is 7.72. The van der Waals surface area contributed by atoms with Gasteiger partial charge in [-0.1, -0.05) is 17.7 Å². The summed E-state index contributed by atoms with van der Waals surface area (Å²) in [6.07, 6.45) is 0. The van der Waals surface area contributed by atoms with E-state index in [4.69, 9.17) is 0 Å². The van der Waals surface area contributed by atoms with Gasteiger partial charge in [0.2, 0.25) is 0 Å². The summed E-state index contributed by atoms with van der Waals surface area (Å²) >= 11 is 1.19. The normalized spacial score (nSPS) is 15.2. The van der Waals surface area contributed by atoms with E-state index in [0.29, 0.717) is 4.90 Å². The molecule has 0 aromatic heterocycles. The van der Waals surface area contributed by atoms with E-state index >= 15 is 0 Å². The molecule has 0 atom stereocenters. The molecule has 1 heterocycles. The maximum atomic E-state index is 12.4. The molecule has 6 nitrogen and oxygen atoms in total. The van der Waals surface area contributed by atoms with Crippen molar-refractivity contribution in [2.45, 2.75) is 16.7 Å². The molecule has 0 spiro atoms. The number of carbonyl (C=O) groups is 1. The van der Waals surface area contributed by atoms with Crippen molar-refractivity contribution in [1.29, 1.82) is 0 Å². The molecule has 3 rings (SSSR count). The summed E-state index contributed by atoms with van der Waals surface area (Å²) in [6.45, 7) is 1.97. The summed E-state index contributed by atoms with van der Waals surface area (Å²) in [4.78, 5) is 12.1. The zero-order valence-corrected chi connectivity index (χ0v) is 14.6. The van der Waals surface area contributed by atoms with Crippen LogP contribution in [0.4, 0.5) is 5.69 Å². The van der Waals surface area contributed by atoms with E-state index in [1.54, 1.807) is 6.07 Å². The van der Waals surface area contributed by atoms with Crippen LogP contribution in [0.15, 0.2) is 56.7 Å². The number of fused-ring (bicyclic) bond motifs is 1. The molecular formula is C16H14N2O4S2. The quantitative estimate of drug-likeness (QED) is 0.827. The molecule has 2 aromatic carbocycles. The first-order valence-corrected chi connectivity index (χ1v) is 9.23. The Morgan fingerprint density at radius 3 is 2.54 bits per heavy atom. The Hall–Kier alpha value is -2.32. The van der Waals surface area contributed by atoms with Crippen molar-refractivity contribution in [3.8, 4) is 0 Å². The van der Waals surface area contributed by atoms with Crippen LogP contribution in [0.2, 0.25) is 0 Å². The zero-order chi connectivity index (χ0) is 17.3. The number of methoxy groups -OCH3 is 1. The topological polar surface area (TPSA) is 84.8 Å². The average molecular weight is 362 g/mol. The molecule has 0 saturated carbocycles. The van der Waals surface area contributed by atoms with Crippen LogP contribution in [0, 0.1) is 6.92 Å². The van der Waals surface area contributed by atoms with Gasteiger partial charge in [0.15, 0.2) is 5.17 Å². The van der Waals surface area contributed by atoms with Gasteiger partial charge in [0, 0.05) is 10.6 Å². The molecule has 0 radical (unpaired) electrons. The number of carbonyl (C=O) groups excluding carboxylic acids is 1. The first-order chi connectivity index (χ1) is 11.4. The molecule has 0 saturated heterocycles. The lowest BCUT2D eigenvalue weighted by molar-refractivity contribution is 0.0600. The standard InChI is InChI=1S/C16H14N2O4S2/c1-10-3-6-12(7-4-10)17-16-18-24(20,21)14-9-11(15(19)22-2)5-8-13(14)23-16/h3-9H,1-2H3,(H,17,18). The number of benzene rings is 2. The number of aryl methyl sites for hydroxylation is 1. The number of sulfonamides is 1. The smallest absolute Gasteiger partial charge is 0.337 e. The third-order valence-electron chi connectivity index (χ3n) is 3.36. The van der Waals surface area contributed by atoms with Gasteiger partial charge >= 0.3 is 5.97 Å². The van der Waals surface area contributed by atoms with Gasteiger partial charge in [-0.15, -0.1) is 4.40 Å². The Balaban J connectivity index is 1.93. The van der Waals surface area contributed by atoms with Crippen molar-refractivity contribution < 1.29 is 17.9 Å². The Kier molecular flexibility index (Phi) is 4.33. The van der Waals surface area contributed by atoms with Gasteiger partial charge in [-0.05, 0) is 49.0 Å². The highest BCUT2D eigenvalue weighted by atomic mass is 32.2. The number of rotatable bonds is 2. The Morgan fingerprint density at radius 1 is 1.17 bits per heavy atom. The molecule has 8 heteroatoms. The van der Waals surface area contributed by atoms with Crippen LogP contribution in [0.1, 0.15) is 15.9 Å². The summed E-state index contributed by atoms with van der Waals surface area (Å²) < 4.78 is 33.2. The molecule has 1 aliphatic rings. The van der Waals surface area contributed by atoms with E-state index in [0.717, 1.165) is 11.3 Å². The maximum absolute atomic E-state index is 12.4. The lowest BCUT2D eigenvalue weighted by atomic mass is 10.2. The largest absolute Gasteiger partial charge is 0.465 e. The highest BCUT2D eigenvalue weighted by Crippen LogP contribution is 2.35. The van der Waals surface area contributed by atoms with E-state index < -0.39 is 16.0 Å². The van der Waals surface area contributed by atoms with Gasteiger partial charge in [-0.2, -0.15) is 8.42 Å². The molecule has 0 bridgehead atoms. The molecule has 2 aromatic rings. The minimum atomic E-state index is -3.89. The van der Waals surface area contributed by atoms with Gasteiger partial charge in [-0.25, -0.2) is 4.79 Å². The van der Waals surface area contributed by atoms with E-state index in [9.17, 15) is 13.2 Å². The van der Waals surface area contributed by atoms with Crippen LogP contribution < -0.4 is 5.32 Å². The monoisotopic (exact) mass is 362 g/mol. The van der Waals surface area contributed by atoms with Crippen LogP contribution in [0.5, 0.6) is 0 Å². The van der Waals surface area contributed by atoms with Gasteiger partial charge < -0.3 is 10.1 Å². The number of amidine groups is 1. The lowest BCUT2D eigenvalue weighted by Crippen LogP contribution is -2.17. The molecule has 1 aliphatic heterocycles. The third-order valence-corrected chi connectivity index (χ3v) is 5.88. The zero-order valence-electron chi connectivity index (χ0n) is 12.9. The van der Waals surface area contributed by atoms with Crippen LogP contribution in [-0.2, 0) is 14.8 Å². The van der Waals surface area contributed by atoms with Gasteiger partial charge in [0.05, 0.1) is 12.7 Å². The van der Waals surface area contributed by atoms with Crippen molar-refractivity contribution in [1.82, 2.24) is 0 Å². The molecule has 0 aliphatic carbocycles. The summed E-state index contributed by atoms with van der Waals surface area (Å²) in [5.41, 5.74) is 2.02. The van der Waals surface area contributed by atoms with Gasteiger partial charge in [0.1, 0.15) is 4.90 Å². The van der Waals surface area contributed by atoms with Crippen molar-refractivity contribution in [3.63, 3.8) is 0 Å². The first-order valence-electron chi connectivity index (χ1n) is 6.98. The molecule has 1 N–H and O–H groups in total. The SMILES string of the molecule is COC(=O)c1ccc2c(c1)S(=O)(=O)N=C(Nc1ccc(C)cc1)S2. The predicted molar refractivity (Wildman–Crippen MR) is 93.1 cm³/mol. The van der Waals surface area contributed by atoms with E-state index in [2.05, 4.69) is 14.5 Å². The van der Waals surface area contributed by atoms with Crippen LogP contribution in [0.3, 0.4) is 0 Å². The molecule has 0 amide bonds. The minimum Gasteiger partial charge on any atom is -0.465 e. The number of anilines is 1. The number of hydrogen-bond acceptors (Lipinski definition) is 6. The van der Waals surface area contributed by atoms with Crippen molar-refractivity contribution in [2.75, 3.05) is 12.4 Å². The fraction of sp³-hybridized carbons (Fsp3) is 0.125. The Labute approximate surface area is 144 Å². The Morgan fingerprint density at radius 2 is 1.88 bits per heavy atom. The summed E-state index contributed by atoms with van der Waals surface area (Å²) in [5.74, 6) is -0.592. The van der Waals surface area contributed by atoms with Crippen LogP contribution >= 0.6 is 11.8 Å². The fourth-order valence-electron chi connectivity index (χ4n) is 2.13. The number of nitrogens with one attached hydrogen (secondary N) is 1. The van der Waals surface area contributed by atoms with Crippen LogP contribution in [0.25, 0.3) is 0 Å². The second-order valence-electron chi connectivity index (χ2n) is 5.12. The lowest BCUT2D eigenvalue weighted by Gasteiger charge is -2.17. The summed E-state index contributed by atoms with van der Waals surface area (Å²) in [7, 11) is -2.64. The van der Waals surface area contributed by atoms with Gasteiger partial charge in [-0.3, -0.25) is 0 Å². The van der Waals surface area contributed by atoms with E-state index in [1.165, 1.54) is 31.0 Å². The van der Waals surface area contributed by atoms with E-state index in [-0.39, 0.29) is 15.6 Å². The van der Waals surface area contributed by atoms with Gasteiger partial charge in [0.25, 0.3) is 10.0 Å². The number of hydrogen-bond donors (Lipinski definition) is 1. The van der Waals surface area contributed by atoms with Crippen molar-refractivity contribution >= 4 is 38.6 Å².